The molecule has 1 saturated heterocycles. The zero-order chi connectivity index (χ0) is 22.7. The van der Waals surface area contributed by atoms with Crippen LogP contribution in [-0.4, -0.2) is 45.8 Å². The van der Waals surface area contributed by atoms with Crippen LogP contribution in [0, 0.1) is 0 Å². The molecule has 1 fully saturated rings. The smallest absolute Gasteiger partial charge is 0.292 e. The van der Waals surface area contributed by atoms with Crippen molar-refractivity contribution >= 4 is 39.7 Å². The van der Waals surface area contributed by atoms with Gasteiger partial charge in [-0.1, -0.05) is 0 Å². The van der Waals surface area contributed by atoms with Crippen molar-refractivity contribution in [3.8, 4) is 17.1 Å². The maximum absolute atomic E-state index is 14.4. The maximum atomic E-state index is 14.4. The fraction of sp³-hybridized carbons (Fsp3) is 0.348. The van der Waals surface area contributed by atoms with Crippen molar-refractivity contribution in [3.05, 3.63) is 30.3 Å². The number of ether oxygens (including phenoxy) is 1. The number of primary amides is 1. The molecule has 2 atom stereocenters. The Morgan fingerprint density at radius 2 is 2.00 bits per heavy atom. The van der Waals surface area contributed by atoms with Crippen molar-refractivity contribution in [3.63, 3.8) is 0 Å². The summed E-state index contributed by atoms with van der Waals surface area (Å²) in [7, 11) is 0. The molecule has 6 rings (SSSR count). The van der Waals surface area contributed by atoms with Crippen molar-refractivity contribution in [2.45, 2.75) is 38.0 Å². The van der Waals surface area contributed by atoms with Crippen LogP contribution < -0.4 is 21.1 Å². The number of benzene rings is 2. The van der Waals surface area contributed by atoms with Crippen LogP contribution in [0.5, 0.6) is 5.75 Å². The van der Waals surface area contributed by atoms with E-state index in [1.54, 1.807) is 4.90 Å². The first kappa shape index (κ1) is 19.8. The second kappa shape index (κ2) is 7.36. The number of carbonyl (C=O) groups is 1. The fourth-order valence-corrected chi connectivity index (χ4v) is 4.94. The second-order valence-electron chi connectivity index (χ2n) is 8.53. The Hall–Kier alpha value is -3.82. The van der Waals surface area contributed by atoms with Gasteiger partial charge in [-0.05, 0) is 43.5 Å². The van der Waals surface area contributed by atoms with Crippen LogP contribution >= 0.6 is 0 Å². The zero-order valence-electron chi connectivity index (χ0n) is 17.8. The van der Waals surface area contributed by atoms with E-state index in [9.17, 15) is 9.18 Å². The highest BCUT2D eigenvalue weighted by molar-refractivity contribution is 5.92. The maximum Gasteiger partial charge on any atom is 0.292 e. The van der Waals surface area contributed by atoms with Crippen LogP contribution in [0.15, 0.2) is 34.7 Å². The van der Waals surface area contributed by atoms with E-state index in [2.05, 4.69) is 9.55 Å². The number of nitrogens with two attached hydrogens (primary N) is 2. The highest BCUT2D eigenvalue weighted by Crippen LogP contribution is 2.39. The van der Waals surface area contributed by atoms with Crippen LogP contribution in [-0.2, 0) is 11.3 Å². The minimum atomic E-state index is -1.30. The van der Waals surface area contributed by atoms with E-state index in [0.29, 0.717) is 41.2 Å². The molecule has 4 aromatic rings. The van der Waals surface area contributed by atoms with Gasteiger partial charge in [-0.25, -0.2) is 9.37 Å². The molecular weight excluding hydrogens is 427 g/mol. The predicted octanol–water partition coefficient (Wildman–Crippen LogP) is 3.00. The Bertz CT molecular complexity index is 1400. The molecule has 170 valence electrons. The van der Waals surface area contributed by atoms with E-state index in [1.165, 1.54) is 0 Å². The van der Waals surface area contributed by atoms with Crippen molar-refractivity contribution in [2.24, 2.45) is 5.73 Å². The number of halogens is 1. The van der Waals surface area contributed by atoms with Gasteiger partial charge in [0.1, 0.15) is 34.8 Å². The number of nitrogen functional groups attached to an aromatic ring is 1. The largest absolute Gasteiger partial charge is 0.491 e. The summed E-state index contributed by atoms with van der Waals surface area (Å²) in [6, 6.07) is 8.52. The topological polar surface area (TPSA) is 125 Å². The van der Waals surface area contributed by atoms with Crippen LogP contribution in [0.2, 0.25) is 0 Å². The summed E-state index contributed by atoms with van der Waals surface area (Å²) < 4.78 is 28.1. The quantitative estimate of drug-likeness (QED) is 0.491. The Labute approximate surface area is 188 Å². The Kier molecular flexibility index (Phi) is 4.42. The van der Waals surface area contributed by atoms with Crippen molar-refractivity contribution in [1.82, 2.24) is 14.5 Å². The molecule has 0 saturated carbocycles. The normalized spacial score (nSPS) is 20.7. The van der Waals surface area contributed by atoms with E-state index in [1.807, 2.05) is 30.3 Å². The van der Waals surface area contributed by atoms with E-state index in [4.69, 9.17) is 25.6 Å². The van der Waals surface area contributed by atoms with Gasteiger partial charge in [-0.3, -0.25) is 4.79 Å². The van der Waals surface area contributed by atoms with E-state index < -0.39 is 18.1 Å². The number of rotatable bonds is 3. The lowest BCUT2D eigenvalue weighted by atomic mass is 10.1. The number of alkyl halides is 1. The Morgan fingerprint density at radius 3 is 2.85 bits per heavy atom. The highest BCUT2D eigenvalue weighted by atomic mass is 19.1. The molecule has 9 nitrogen and oxygen atoms in total. The van der Waals surface area contributed by atoms with Crippen molar-refractivity contribution < 1.29 is 18.3 Å². The number of aryl methyl sites for hydroxylation is 1. The number of oxazole rings is 1. The molecule has 4 N–H and O–H groups in total. The lowest BCUT2D eigenvalue weighted by Crippen LogP contribution is -2.44. The predicted molar refractivity (Wildman–Crippen MR) is 122 cm³/mol. The molecule has 10 heteroatoms. The number of imidazole rings is 1. The highest BCUT2D eigenvalue weighted by Gasteiger charge is 2.39. The lowest BCUT2D eigenvalue weighted by molar-refractivity contribution is -0.120. The third-order valence-corrected chi connectivity index (χ3v) is 6.43. The number of hydrogen-bond donors (Lipinski definition) is 2. The average molecular weight is 450 g/mol. The van der Waals surface area contributed by atoms with E-state index in [0.717, 1.165) is 36.3 Å². The number of carbonyl (C=O) groups excluding carboxylic acids is 1. The summed E-state index contributed by atoms with van der Waals surface area (Å²) in [6.45, 7) is 1.76. The SMILES string of the molecule is NC(=O)[C@@H]1[C@@H](F)CCN1c1cc2c3c(c1)nc(-c1ccc4oc(N)nc4c1)n3CCCCO2. The third kappa shape index (κ3) is 3.16. The monoisotopic (exact) mass is 450 g/mol. The van der Waals surface area contributed by atoms with Gasteiger partial charge < -0.3 is 30.1 Å². The van der Waals surface area contributed by atoms with Gasteiger partial charge >= 0.3 is 0 Å². The Morgan fingerprint density at radius 1 is 1.12 bits per heavy atom. The number of nitrogens with zero attached hydrogens (tertiary/aromatic N) is 4. The van der Waals surface area contributed by atoms with E-state index >= 15 is 0 Å². The molecule has 0 radical (unpaired) electrons. The summed E-state index contributed by atoms with van der Waals surface area (Å²) in [5.41, 5.74) is 15.6. The molecule has 2 aliphatic rings. The van der Waals surface area contributed by atoms with Crippen LogP contribution in [0.25, 0.3) is 33.5 Å². The molecule has 1 amide bonds. The number of anilines is 2. The molecule has 2 aromatic heterocycles. The molecule has 4 heterocycles. The van der Waals surface area contributed by atoms with Gasteiger partial charge in [0, 0.05) is 30.4 Å². The first-order valence-corrected chi connectivity index (χ1v) is 11.0. The van der Waals surface area contributed by atoms with Gasteiger partial charge in [0.05, 0.1) is 12.1 Å². The first-order valence-electron chi connectivity index (χ1n) is 11.0. The average Bonchev–Trinajstić information content (AvgIpc) is 3.44. The standard InChI is InChI=1S/C23H23FN6O3/c24-14-5-7-29(19(14)21(25)31)13-10-16-20-18(11-13)32-8-2-1-6-30(20)22(27-16)12-3-4-17-15(9-12)28-23(26)33-17/h3-4,9-11,14,19H,1-2,5-8H2,(H2,25,31)(H2,26,28)/t14-,19-/m0/s1. The van der Waals surface area contributed by atoms with Crippen LogP contribution in [0.4, 0.5) is 16.1 Å². The van der Waals surface area contributed by atoms with E-state index in [-0.39, 0.29) is 12.4 Å². The molecule has 0 bridgehead atoms. The summed E-state index contributed by atoms with van der Waals surface area (Å²) in [5, 5.41) is 0. The lowest BCUT2D eigenvalue weighted by Gasteiger charge is -2.26. The number of amides is 1. The van der Waals surface area contributed by atoms with Crippen LogP contribution in [0.1, 0.15) is 19.3 Å². The summed E-state index contributed by atoms with van der Waals surface area (Å²) in [5.74, 6) is 0.766. The van der Waals surface area contributed by atoms with Gasteiger partial charge in [0.15, 0.2) is 5.58 Å². The summed E-state index contributed by atoms with van der Waals surface area (Å²) in [4.78, 5) is 22.8. The molecule has 2 aromatic carbocycles. The molecule has 0 aliphatic carbocycles. The molecule has 0 spiro atoms. The molecule has 33 heavy (non-hydrogen) atoms. The number of hydrogen-bond acceptors (Lipinski definition) is 7. The Balaban J connectivity index is 1.53. The fourth-order valence-electron chi connectivity index (χ4n) is 4.94. The summed E-state index contributed by atoms with van der Waals surface area (Å²) in [6.07, 6.45) is 0.791. The van der Waals surface area contributed by atoms with Gasteiger partial charge in [0.2, 0.25) is 5.91 Å². The zero-order valence-corrected chi connectivity index (χ0v) is 17.8. The summed E-state index contributed by atoms with van der Waals surface area (Å²) >= 11 is 0. The molecular formula is C23H23FN6O3. The number of aromatic nitrogens is 3. The second-order valence-corrected chi connectivity index (χ2v) is 8.53. The molecule has 0 unspecified atom stereocenters. The first-order chi connectivity index (χ1) is 16.0. The van der Waals surface area contributed by atoms with Crippen LogP contribution in [0.3, 0.4) is 0 Å². The van der Waals surface area contributed by atoms with Gasteiger partial charge in [-0.2, -0.15) is 4.98 Å². The van der Waals surface area contributed by atoms with Crippen molar-refractivity contribution in [2.75, 3.05) is 23.8 Å². The van der Waals surface area contributed by atoms with Crippen molar-refractivity contribution in [1.29, 1.82) is 0 Å². The third-order valence-electron chi connectivity index (χ3n) is 6.43. The molecule has 2 aliphatic heterocycles. The van der Waals surface area contributed by atoms with Gasteiger partial charge in [0.25, 0.3) is 6.01 Å². The van der Waals surface area contributed by atoms with Gasteiger partial charge in [-0.15, -0.1) is 0 Å². The minimum absolute atomic E-state index is 0.117. The number of fused-ring (bicyclic) bond motifs is 1. The minimum Gasteiger partial charge on any atom is -0.491 e.